The lowest BCUT2D eigenvalue weighted by atomic mass is 9.98. The quantitative estimate of drug-likeness (QED) is 0.858. The molecule has 2 heterocycles. The van der Waals surface area contributed by atoms with Gasteiger partial charge in [-0.25, -0.2) is 12.7 Å². The van der Waals surface area contributed by atoms with E-state index in [1.165, 1.54) is 30.3 Å². The molecule has 22 heavy (non-hydrogen) atoms. The maximum atomic E-state index is 11.8. The first-order valence-corrected chi connectivity index (χ1v) is 10.2. The molecule has 1 unspecified atom stereocenters. The van der Waals surface area contributed by atoms with Crippen LogP contribution in [0, 0.1) is 5.92 Å². The van der Waals surface area contributed by atoms with Crippen molar-refractivity contribution in [3.8, 4) is 0 Å². The number of sulfonamides is 1. The van der Waals surface area contributed by atoms with Gasteiger partial charge >= 0.3 is 0 Å². The molecule has 0 spiro atoms. The summed E-state index contributed by atoms with van der Waals surface area (Å²) in [5.74, 6) is 0.439. The third-order valence-electron chi connectivity index (χ3n) is 4.89. The van der Waals surface area contributed by atoms with Crippen LogP contribution in [-0.2, 0) is 16.4 Å². The van der Waals surface area contributed by atoms with Crippen LogP contribution in [0.25, 0.3) is 0 Å². The summed E-state index contributed by atoms with van der Waals surface area (Å²) in [5.41, 5.74) is 2.80. The molecule has 1 atom stereocenters. The molecule has 3 rings (SSSR count). The fourth-order valence-corrected chi connectivity index (χ4v) is 4.69. The molecule has 1 fully saturated rings. The molecule has 1 aromatic rings. The van der Waals surface area contributed by atoms with Crippen LogP contribution in [0.15, 0.2) is 24.3 Å². The Labute approximate surface area is 134 Å². The summed E-state index contributed by atoms with van der Waals surface area (Å²) in [7, 11) is -3.05. The van der Waals surface area contributed by atoms with Crippen molar-refractivity contribution in [3.63, 3.8) is 0 Å². The van der Waals surface area contributed by atoms with Crippen molar-refractivity contribution in [3.05, 3.63) is 29.8 Å². The zero-order valence-electron chi connectivity index (χ0n) is 13.4. The first kappa shape index (κ1) is 15.8. The van der Waals surface area contributed by atoms with E-state index < -0.39 is 10.0 Å². The monoisotopic (exact) mass is 322 g/mol. The van der Waals surface area contributed by atoms with Gasteiger partial charge < -0.3 is 4.90 Å². The topological polar surface area (TPSA) is 40.6 Å². The molecular weight excluding hydrogens is 296 g/mol. The summed E-state index contributed by atoms with van der Waals surface area (Å²) in [6.45, 7) is 3.43. The van der Waals surface area contributed by atoms with Crippen molar-refractivity contribution in [2.75, 3.05) is 37.3 Å². The summed E-state index contributed by atoms with van der Waals surface area (Å²) in [6.07, 6.45) is 7.06. The van der Waals surface area contributed by atoms with Crippen LogP contribution in [-0.4, -0.2) is 45.2 Å². The standard InChI is InChI=1S/C17H26N2O2S/c1-22(20,21)19-12-6-7-15(14-19)13-18-11-5-4-9-16-8-2-3-10-17(16)18/h2-3,8,10,15H,4-7,9,11-14H2,1H3. The molecule has 0 N–H and O–H groups in total. The third kappa shape index (κ3) is 3.63. The minimum absolute atomic E-state index is 0.439. The summed E-state index contributed by atoms with van der Waals surface area (Å²) < 4.78 is 25.2. The number of hydrogen-bond donors (Lipinski definition) is 0. The predicted octanol–water partition coefficient (Wildman–Crippen LogP) is 2.50. The second-order valence-corrected chi connectivity index (χ2v) is 8.64. The molecule has 0 amide bonds. The average Bonchev–Trinajstić information content (AvgIpc) is 2.70. The van der Waals surface area contributed by atoms with Crippen molar-refractivity contribution in [2.24, 2.45) is 5.92 Å². The van der Waals surface area contributed by atoms with E-state index in [1.807, 2.05) is 0 Å². The second kappa shape index (κ2) is 6.59. The number of hydrogen-bond acceptors (Lipinski definition) is 3. The van der Waals surface area contributed by atoms with Crippen LogP contribution >= 0.6 is 0 Å². The maximum absolute atomic E-state index is 11.8. The number of para-hydroxylation sites is 1. The van der Waals surface area contributed by atoms with Gasteiger partial charge in [-0.15, -0.1) is 0 Å². The zero-order valence-corrected chi connectivity index (χ0v) is 14.2. The number of aryl methyl sites for hydroxylation is 1. The second-order valence-electron chi connectivity index (χ2n) is 6.66. The van der Waals surface area contributed by atoms with Crippen LogP contribution in [0.2, 0.25) is 0 Å². The van der Waals surface area contributed by atoms with E-state index in [-0.39, 0.29) is 0 Å². The van der Waals surface area contributed by atoms with Gasteiger partial charge in [0.2, 0.25) is 10.0 Å². The Balaban J connectivity index is 1.73. The van der Waals surface area contributed by atoms with E-state index in [1.54, 1.807) is 4.31 Å². The van der Waals surface area contributed by atoms with Gasteiger partial charge in [-0.05, 0) is 49.7 Å². The normalized spacial score (nSPS) is 23.9. The Morgan fingerprint density at radius 3 is 2.77 bits per heavy atom. The number of fused-ring (bicyclic) bond motifs is 1. The van der Waals surface area contributed by atoms with Crippen molar-refractivity contribution >= 4 is 15.7 Å². The molecule has 4 nitrogen and oxygen atoms in total. The van der Waals surface area contributed by atoms with E-state index in [0.717, 1.165) is 32.4 Å². The number of anilines is 1. The van der Waals surface area contributed by atoms with Crippen LogP contribution in [0.3, 0.4) is 0 Å². The van der Waals surface area contributed by atoms with Gasteiger partial charge in [0.1, 0.15) is 0 Å². The molecule has 0 bridgehead atoms. The molecule has 2 aliphatic rings. The van der Waals surface area contributed by atoms with E-state index in [2.05, 4.69) is 29.2 Å². The summed E-state index contributed by atoms with van der Waals surface area (Å²) in [5, 5.41) is 0. The highest BCUT2D eigenvalue weighted by molar-refractivity contribution is 7.88. The lowest BCUT2D eigenvalue weighted by molar-refractivity contribution is 0.269. The minimum Gasteiger partial charge on any atom is -0.371 e. The van der Waals surface area contributed by atoms with Gasteiger partial charge in [-0.1, -0.05) is 18.2 Å². The Morgan fingerprint density at radius 1 is 1.14 bits per heavy atom. The fourth-order valence-electron chi connectivity index (χ4n) is 3.75. The van der Waals surface area contributed by atoms with Gasteiger partial charge in [0, 0.05) is 31.9 Å². The van der Waals surface area contributed by atoms with Gasteiger partial charge in [-0.3, -0.25) is 0 Å². The van der Waals surface area contributed by atoms with Gasteiger partial charge in [0.15, 0.2) is 0 Å². The zero-order chi connectivity index (χ0) is 15.6. The molecular formula is C17H26N2O2S. The summed E-state index contributed by atoms with van der Waals surface area (Å²) in [4.78, 5) is 2.48. The molecule has 1 saturated heterocycles. The van der Waals surface area contributed by atoms with Gasteiger partial charge in [-0.2, -0.15) is 0 Å². The Kier molecular flexibility index (Phi) is 4.73. The Hall–Kier alpha value is -1.07. The van der Waals surface area contributed by atoms with Crippen LogP contribution in [0.4, 0.5) is 5.69 Å². The molecule has 2 aliphatic heterocycles. The highest BCUT2D eigenvalue weighted by Crippen LogP contribution is 2.28. The van der Waals surface area contributed by atoms with E-state index in [0.29, 0.717) is 19.0 Å². The van der Waals surface area contributed by atoms with Crippen molar-refractivity contribution < 1.29 is 8.42 Å². The summed E-state index contributed by atoms with van der Waals surface area (Å²) >= 11 is 0. The SMILES string of the molecule is CS(=O)(=O)N1CCCC(CN2CCCCc3ccccc32)C1. The highest BCUT2D eigenvalue weighted by Gasteiger charge is 2.28. The predicted molar refractivity (Wildman–Crippen MR) is 90.7 cm³/mol. The third-order valence-corrected chi connectivity index (χ3v) is 6.16. The lowest BCUT2D eigenvalue weighted by Crippen LogP contribution is -2.43. The molecule has 0 radical (unpaired) electrons. The Bertz CT molecular complexity index is 615. The lowest BCUT2D eigenvalue weighted by Gasteiger charge is -2.35. The fraction of sp³-hybridized carbons (Fsp3) is 0.647. The van der Waals surface area contributed by atoms with Crippen molar-refractivity contribution in [1.29, 1.82) is 0 Å². The van der Waals surface area contributed by atoms with Crippen LogP contribution in [0.1, 0.15) is 31.2 Å². The molecule has 0 aliphatic carbocycles. The molecule has 1 aromatic carbocycles. The number of benzene rings is 1. The smallest absolute Gasteiger partial charge is 0.211 e. The summed E-state index contributed by atoms with van der Waals surface area (Å²) in [6, 6.07) is 8.68. The van der Waals surface area contributed by atoms with Crippen LogP contribution < -0.4 is 4.90 Å². The molecule has 122 valence electrons. The highest BCUT2D eigenvalue weighted by atomic mass is 32.2. The average molecular weight is 322 g/mol. The molecule has 5 heteroatoms. The first-order chi connectivity index (χ1) is 10.5. The largest absolute Gasteiger partial charge is 0.371 e. The molecule has 0 aromatic heterocycles. The maximum Gasteiger partial charge on any atom is 0.211 e. The number of rotatable bonds is 3. The minimum atomic E-state index is -3.05. The van der Waals surface area contributed by atoms with E-state index in [4.69, 9.17) is 0 Å². The van der Waals surface area contributed by atoms with E-state index in [9.17, 15) is 8.42 Å². The number of piperidine rings is 1. The number of nitrogens with zero attached hydrogens (tertiary/aromatic N) is 2. The van der Waals surface area contributed by atoms with Crippen molar-refractivity contribution in [1.82, 2.24) is 4.31 Å². The van der Waals surface area contributed by atoms with Crippen molar-refractivity contribution in [2.45, 2.75) is 32.1 Å². The Morgan fingerprint density at radius 2 is 1.95 bits per heavy atom. The van der Waals surface area contributed by atoms with Gasteiger partial charge in [0.25, 0.3) is 0 Å². The molecule has 0 saturated carbocycles. The van der Waals surface area contributed by atoms with E-state index >= 15 is 0 Å². The first-order valence-electron chi connectivity index (χ1n) is 8.32. The van der Waals surface area contributed by atoms with Crippen LogP contribution in [0.5, 0.6) is 0 Å². The van der Waals surface area contributed by atoms with Gasteiger partial charge in [0.05, 0.1) is 6.26 Å².